The Hall–Kier alpha value is -0.530. The minimum absolute atomic E-state index is 0.527. The van der Waals surface area contributed by atoms with Gasteiger partial charge in [-0.25, -0.2) is 0 Å². The zero-order valence-corrected chi connectivity index (χ0v) is 11.6. The van der Waals surface area contributed by atoms with Gasteiger partial charge in [-0.2, -0.15) is 0 Å². The van der Waals surface area contributed by atoms with Gasteiger partial charge in [0.25, 0.3) is 0 Å². The predicted molar refractivity (Wildman–Crippen MR) is 74.6 cm³/mol. The maximum absolute atomic E-state index is 5.84. The minimum Gasteiger partial charge on any atom is -0.312 e. The number of hydrogen-bond acceptors (Lipinski definition) is 1. The van der Waals surface area contributed by atoms with Crippen molar-refractivity contribution in [3.63, 3.8) is 0 Å². The Labute approximate surface area is 110 Å². The lowest BCUT2D eigenvalue weighted by Crippen LogP contribution is -2.24. The van der Waals surface area contributed by atoms with Gasteiger partial charge in [-0.05, 0) is 49.7 Å². The van der Waals surface area contributed by atoms with Crippen LogP contribution in [0.4, 0.5) is 0 Å². The number of rotatable bonds is 6. The molecule has 1 saturated carbocycles. The average Bonchev–Trinajstić information content (AvgIpc) is 3.04. The van der Waals surface area contributed by atoms with E-state index in [1.54, 1.807) is 0 Å². The molecule has 0 aliphatic heterocycles. The van der Waals surface area contributed by atoms with Crippen LogP contribution in [0.25, 0.3) is 0 Å². The number of benzene rings is 1. The lowest BCUT2D eigenvalue weighted by atomic mass is 10.0. The highest BCUT2D eigenvalue weighted by Crippen LogP contribution is 2.48. The van der Waals surface area contributed by atoms with Gasteiger partial charge >= 0.3 is 0 Å². The zero-order valence-electron chi connectivity index (χ0n) is 10.9. The number of aryl methyl sites for hydroxylation is 2. The summed E-state index contributed by atoms with van der Waals surface area (Å²) in [5, 5.41) is 3.60. The van der Waals surface area contributed by atoms with Crippen LogP contribution in [0.1, 0.15) is 36.0 Å². The van der Waals surface area contributed by atoms with E-state index in [1.165, 1.54) is 29.5 Å². The standard InChI is InChI=1S/C15H22ClN/c1-12-3-4-13(2)14(9-12)10-17-11-15(5-6-15)7-8-16/h3-4,9,17H,5-8,10-11H2,1-2H3. The van der Waals surface area contributed by atoms with Crippen molar-refractivity contribution >= 4 is 11.6 Å². The van der Waals surface area contributed by atoms with E-state index in [0.717, 1.165) is 25.4 Å². The second-order valence-corrected chi connectivity index (χ2v) is 5.85. The van der Waals surface area contributed by atoms with E-state index in [2.05, 4.69) is 37.4 Å². The van der Waals surface area contributed by atoms with Crippen molar-refractivity contribution in [2.75, 3.05) is 12.4 Å². The average molecular weight is 252 g/mol. The second-order valence-electron chi connectivity index (χ2n) is 5.47. The van der Waals surface area contributed by atoms with Gasteiger partial charge < -0.3 is 5.32 Å². The first kappa shape index (κ1) is 12.9. The Morgan fingerprint density at radius 2 is 2.06 bits per heavy atom. The van der Waals surface area contributed by atoms with Crippen LogP contribution in [-0.2, 0) is 6.54 Å². The van der Waals surface area contributed by atoms with Gasteiger partial charge in [0.2, 0.25) is 0 Å². The van der Waals surface area contributed by atoms with Crippen molar-refractivity contribution in [3.05, 3.63) is 34.9 Å². The summed E-state index contributed by atoms with van der Waals surface area (Å²) in [6.07, 6.45) is 3.85. The first-order valence-corrected chi connectivity index (χ1v) is 7.01. The van der Waals surface area contributed by atoms with Gasteiger partial charge in [0.05, 0.1) is 0 Å². The topological polar surface area (TPSA) is 12.0 Å². The Morgan fingerprint density at radius 1 is 1.29 bits per heavy atom. The minimum atomic E-state index is 0.527. The molecule has 1 N–H and O–H groups in total. The maximum atomic E-state index is 5.84. The predicted octanol–water partition coefficient (Wildman–Crippen LogP) is 3.80. The summed E-state index contributed by atoms with van der Waals surface area (Å²) >= 11 is 5.84. The molecule has 0 saturated heterocycles. The molecule has 0 amide bonds. The molecule has 1 aromatic carbocycles. The van der Waals surface area contributed by atoms with Gasteiger partial charge in [-0.1, -0.05) is 23.8 Å². The summed E-state index contributed by atoms with van der Waals surface area (Å²) in [5.41, 5.74) is 4.67. The molecular formula is C15H22ClN. The van der Waals surface area contributed by atoms with Crippen LogP contribution in [0.5, 0.6) is 0 Å². The SMILES string of the molecule is Cc1ccc(C)c(CNCC2(CCCl)CC2)c1. The Balaban J connectivity index is 1.84. The summed E-state index contributed by atoms with van der Waals surface area (Å²) in [7, 11) is 0. The monoisotopic (exact) mass is 251 g/mol. The highest BCUT2D eigenvalue weighted by molar-refractivity contribution is 6.17. The van der Waals surface area contributed by atoms with Gasteiger partial charge in [0.1, 0.15) is 0 Å². The van der Waals surface area contributed by atoms with Crippen LogP contribution in [0.2, 0.25) is 0 Å². The molecule has 0 bridgehead atoms. The quantitative estimate of drug-likeness (QED) is 0.759. The van der Waals surface area contributed by atoms with Gasteiger partial charge in [-0.15, -0.1) is 11.6 Å². The maximum Gasteiger partial charge on any atom is 0.0229 e. The summed E-state index contributed by atoms with van der Waals surface area (Å²) in [5.74, 6) is 0.797. The number of nitrogens with one attached hydrogen (secondary N) is 1. The number of halogens is 1. The Kier molecular flexibility index (Phi) is 4.11. The Morgan fingerprint density at radius 3 is 2.71 bits per heavy atom. The number of alkyl halides is 1. The van der Waals surface area contributed by atoms with Crippen LogP contribution >= 0.6 is 11.6 Å². The van der Waals surface area contributed by atoms with E-state index < -0.39 is 0 Å². The third-order valence-corrected chi connectivity index (χ3v) is 4.09. The molecule has 1 aliphatic rings. The summed E-state index contributed by atoms with van der Waals surface area (Å²) in [4.78, 5) is 0. The molecule has 94 valence electrons. The normalized spacial score (nSPS) is 17.1. The molecule has 17 heavy (non-hydrogen) atoms. The van der Waals surface area contributed by atoms with Crippen molar-refractivity contribution in [1.82, 2.24) is 5.32 Å². The molecule has 1 aliphatic carbocycles. The lowest BCUT2D eigenvalue weighted by Gasteiger charge is -2.15. The first-order valence-electron chi connectivity index (χ1n) is 6.48. The molecule has 0 aromatic heterocycles. The molecule has 1 nitrogen and oxygen atoms in total. The Bertz CT molecular complexity index is 383. The van der Waals surface area contributed by atoms with E-state index in [0.29, 0.717) is 5.41 Å². The molecule has 1 fully saturated rings. The van der Waals surface area contributed by atoms with Crippen LogP contribution in [0.3, 0.4) is 0 Å². The molecule has 0 radical (unpaired) electrons. The van der Waals surface area contributed by atoms with E-state index in [4.69, 9.17) is 11.6 Å². The molecule has 2 heteroatoms. The van der Waals surface area contributed by atoms with Gasteiger partial charge in [-0.3, -0.25) is 0 Å². The molecule has 0 unspecified atom stereocenters. The van der Waals surface area contributed by atoms with Crippen molar-refractivity contribution < 1.29 is 0 Å². The molecule has 0 heterocycles. The fourth-order valence-corrected chi connectivity index (χ4v) is 2.75. The van der Waals surface area contributed by atoms with Gasteiger partial charge in [0.15, 0.2) is 0 Å². The van der Waals surface area contributed by atoms with Crippen molar-refractivity contribution in [2.45, 2.75) is 39.7 Å². The van der Waals surface area contributed by atoms with Crippen LogP contribution in [0.15, 0.2) is 18.2 Å². The third-order valence-electron chi connectivity index (χ3n) is 3.90. The lowest BCUT2D eigenvalue weighted by molar-refractivity contribution is 0.445. The van der Waals surface area contributed by atoms with Crippen molar-refractivity contribution in [1.29, 1.82) is 0 Å². The molecule has 0 spiro atoms. The smallest absolute Gasteiger partial charge is 0.0229 e. The number of hydrogen-bond donors (Lipinski definition) is 1. The third kappa shape index (κ3) is 3.46. The second kappa shape index (κ2) is 5.41. The molecule has 2 rings (SSSR count). The highest BCUT2D eigenvalue weighted by atomic mass is 35.5. The summed E-state index contributed by atoms with van der Waals surface area (Å²) in [6.45, 7) is 6.44. The molecule has 0 atom stereocenters. The van der Waals surface area contributed by atoms with E-state index in [1.807, 2.05) is 0 Å². The van der Waals surface area contributed by atoms with Crippen molar-refractivity contribution in [2.24, 2.45) is 5.41 Å². The van der Waals surface area contributed by atoms with E-state index in [9.17, 15) is 0 Å². The molecular weight excluding hydrogens is 230 g/mol. The van der Waals surface area contributed by atoms with E-state index >= 15 is 0 Å². The fourth-order valence-electron chi connectivity index (χ4n) is 2.35. The van der Waals surface area contributed by atoms with Gasteiger partial charge in [0, 0.05) is 19.0 Å². The highest BCUT2D eigenvalue weighted by Gasteiger charge is 2.40. The first-order chi connectivity index (χ1) is 8.15. The van der Waals surface area contributed by atoms with Crippen LogP contribution < -0.4 is 5.32 Å². The molecule has 1 aromatic rings. The largest absolute Gasteiger partial charge is 0.312 e. The van der Waals surface area contributed by atoms with Crippen LogP contribution in [0, 0.1) is 19.3 Å². The fraction of sp³-hybridized carbons (Fsp3) is 0.600. The summed E-state index contributed by atoms with van der Waals surface area (Å²) in [6, 6.07) is 6.66. The zero-order chi connectivity index (χ0) is 12.3. The van der Waals surface area contributed by atoms with Crippen LogP contribution in [-0.4, -0.2) is 12.4 Å². The van der Waals surface area contributed by atoms with E-state index in [-0.39, 0.29) is 0 Å². The summed E-state index contributed by atoms with van der Waals surface area (Å²) < 4.78 is 0. The van der Waals surface area contributed by atoms with Crippen molar-refractivity contribution in [3.8, 4) is 0 Å².